The first-order chi connectivity index (χ1) is 12.8. The number of fused-ring (bicyclic) bond motifs is 2. The minimum atomic E-state index is -0.00861. The minimum Gasteiger partial charge on any atom is -0.486 e. The van der Waals surface area contributed by atoms with E-state index < -0.39 is 0 Å². The zero-order chi connectivity index (χ0) is 17.5. The zero-order valence-corrected chi connectivity index (χ0v) is 15.6. The van der Waals surface area contributed by atoms with Gasteiger partial charge in [0, 0.05) is 21.9 Å². The van der Waals surface area contributed by atoms with Crippen molar-refractivity contribution < 1.29 is 14.3 Å². The van der Waals surface area contributed by atoms with Gasteiger partial charge in [-0.3, -0.25) is 4.79 Å². The molecule has 26 heavy (non-hydrogen) atoms. The summed E-state index contributed by atoms with van der Waals surface area (Å²) in [4.78, 5) is 17.9. The molecular formula is C20H17NO3S2. The second-order valence-electron chi connectivity index (χ2n) is 6.32. The van der Waals surface area contributed by atoms with Crippen molar-refractivity contribution in [1.82, 2.24) is 4.90 Å². The van der Waals surface area contributed by atoms with Crippen LogP contribution in [0.15, 0.2) is 47.2 Å². The van der Waals surface area contributed by atoms with E-state index in [-0.39, 0.29) is 11.9 Å². The molecule has 132 valence electrons. The number of carbonyl (C=O) groups excluding carboxylic acids is 1. The summed E-state index contributed by atoms with van der Waals surface area (Å²) in [5.41, 5.74) is 1.91. The monoisotopic (exact) mass is 383 g/mol. The molecule has 6 heteroatoms. The van der Waals surface area contributed by atoms with Gasteiger partial charge in [0.05, 0.1) is 6.04 Å². The van der Waals surface area contributed by atoms with Gasteiger partial charge in [0.2, 0.25) is 0 Å². The fourth-order valence-corrected chi connectivity index (χ4v) is 5.39. The maximum absolute atomic E-state index is 13.4. The van der Waals surface area contributed by atoms with Crippen LogP contribution in [0.1, 0.15) is 31.7 Å². The van der Waals surface area contributed by atoms with E-state index in [1.54, 1.807) is 22.7 Å². The molecule has 5 rings (SSSR count). The number of amides is 1. The van der Waals surface area contributed by atoms with E-state index in [0.29, 0.717) is 30.3 Å². The summed E-state index contributed by atoms with van der Waals surface area (Å²) in [6, 6.07) is 11.8. The van der Waals surface area contributed by atoms with Gasteiger partial charge in [-0.25, -0.2) is 0 Å². The van der Waals surface area contributed by atoms with Crippen LogP contribution in [-0.2, 0) is 6.42 Å². The molecule has 1 unspecified atom stereocenters. The highest BCUT2D eigenvalue weighted by Gasteiger charge is 2.34. The molecule has 0 saturated heterocycles. The van der Waals surface area contributed by atoms with Gasteiger partial charge < -0.3 is 14.4 Å². The highest BCUT2D eigenvalue weighted by atomic mass is 32.1. The van der Waals surface area contributed by atoms with Crippen molar-refractivity contribution in [2.45, 2.75) is 12.5 Å². The number of hydrogen-bond donors (Lipinski definition) is 0. The van der Waals surface area contributed by atoms with Crippen LogP contribution in [0.2, 0.25) is 0 Å². The van der Waals surface area contributed by atoms with Gasteiger partial charge in [0.25, 0.3) is 5.91 Å². The van der Waals surface area contributed by atoms with Crippen molar-refractivity contribution >= 4 is 28.6 Å². The van der Waals surface area contributed by atoms with Crippen LogP contribution in [0.3, 0.4) is 0 Å². The Morgan fingerprint density at radius 2 is 1.92 bits per heavy atom. The van der Waals surface area contributed by atoms with E-state index in [2.05, 4.69) is 22.9 Å². The number of thiophene rings is 2. The second-order valence-corrected chi connectivity index (χ2v) is 8.30. The van der Waals surface area contributed by atoms with E-state index in [1.165, 1.54) is 15.3 Å². The molecule has 1 aromatic carbocycles. The molecule has 4 heterocycles. The standard InChI is InChI=1S/C20H17NO3S2/c22-20(13-3-4-15-16(12-13)24-9-8-23-15)21-7-5-17-14(6-11-26-17)19(21)18-2-1-10-25-18/h1-4,6,10-12,19H,5,7-9H2. The summed E-state index contributed by atoms with van der Waals surface area (Å²) in [6.07, 6.45) is 0.908. The highest BCUT2D eigenvalue weighted by Crippen LogP contribution is 2.40. The third-order valence-corrected chi connectivity index (χ3v) is 6.75. The molecule has 1 amide bonds. The lowest BCUT2D eigenvalue weighted by molar-refractivity contribution is 0.0697. The molecule has 2 aliphatic heterocycles. The third kappa shape index (κ3) is 2.61. The molecular weight excluding hydrogens is 366 g/mol. The summed E-state index contributed by atoms with van der Waals surface area (Å²) in [7, 11) is 0. The maximum Gasteiger partial charge on any atom is 0.254 e. The predicted octanol–water partition coefficient (Wildman–Crippen LogP) is 4.37. The number of ether oxygens (including phenoxy) is 2. The van der Waals surface area contributed by atoms with E-state index in [0.717, 1.165) is 13.0 Å². The van der Waals surface area contributed by atoms with Crippen molar-refractivity contribution in [3.8, 4) is 11.5 Å². The number of hydrogen-bond acceptors (Lipinski definition) is 5. The fraction of sp³-hybridized carbons (Fsp3) is 0.250. The van der Waals surface area contributed by atoms with Gasteiger partial charge in [0.15, 0.2) is 11.5 Å². The molecule has 2 aliphatic rings. The van der Waals surface area contributed by atoms with Crippen molar-refractivity contribution in [2.75, 3.05) is 19.8 Å². The van der Waals surface area contributed by atoms with Crippen molar-refractivity contribution in [1.29, 1.82) is 0 Å². The summed E-state index contributed by atoms with van der Waals surface area (Å²) in [5.74, 6) is 1.40. The molecule has 0 spiro atoms. The molecule has 1 atom stereocenters. The van der Waals surface area contributed by atoms with Gasteiger partial charge in [-0.05, 0) is 53.1 Å². The lowest BCUT2D eigenvalue weighted by Gasteiger charge is -2.35. The topological polar surface area (TPSA) is 38.8 Å². The van der Waals surface area contributed by atoms with E-state index in [9.17, 15) is 4.79 Å². The van der Waals surface area contributed by atoms with Crippen LogP contribution in [0.4, 0.5) is 0 Å². The first-order valence-electron chi connectivity index (χ1n) is 8.61. The Kier molecular flexibility index (Phi) is 3.94. The van der Waals surface area contributed by atoms with Gasteiger partial charge in [-0.2, -0.15) is 0 Å². The van der Waals surface area contributed by atoms with Crippen LogP contribution in [0.25, 0.3) is 0 Å². The molecule has 2 aromatic heterocycles. The first kappa shape index (κ1) is 15.9. The van der Waals surface area contributed by atoms with Gasteiger partial charge in [-0.15, -0.1) is 22.7 Å². The normalized spacial score (nSPS) is 18.5. The summed E-state index contributed by atoms with van der Waals surface area (Å²) in [6.45, 7) is 1.79. The summed E-state index contributed by atoms with van der Waals surface area (Å²) in [5, 5.41) is 4.20. The first-order valence-corrected chi connectivity index (χ1v) is 10.4. The highest BCUT2D eigenvalue weighted by molar-refractivity contribution is 7.10. The Hall–Kier alpha value is -2.31. The molecule has 0 bridgehead atoms. The second kappa shape index (κ2) is 6.45. The largest absolute Gasteiger partial charge is 0.486 e. The number of carbonyl (C=O) groups is 1. The average Bonchev–Trinajstić information content (AvgIpc) is 3.38. The van der Waals surface area contributed by atoms with Crippen molar-refractivity contribution in [3.63, 3.8) is 0 Å². The number of nitrogens with zero attached hydrogens (tertiary/aromatic N) is 1. The molecule has 0 fully saturated rings. The van der Waals surface area contributed by atoms with E-state index in [4.69, 9.17) is 9.47 Å². The van der Waals surface area contributed by atoms with E-state index in [1.807, 2.05) is 29.2 Å². The predicted molar refractivity (Wildman–Crippen MR) is 103 cm³/mol. The Morgan fingerprint density at radius 1 is 1.04 bits per heavy atom. The lowest BCUT2D eigenvalue weighted by atomic mass is 9.97. The zero-order valence-electron chi connectivity index (χ0n) is 14.0. The van der Waals surface area contributed by atoms with Gasteiger partial charge in [0.1, 0.15) is 13.2 Å². The number of benzene rings is 1. The lowest BCUT2D eigenvalue weighted by Crippen LogP contribution is -2.39. The SMILES string of the molecule is O=C(c1ccc2c(c1)OCCO2)N1CCc2sccc2C1c1cccs1. The summed E-state index contributed by atoms with van der Waals surface area (Å²) >= 11 is 3.49. The third-order valence-electron chi connectivity index (χ3n) is 4.83. The maximum atomic E-state index is 13.4. The Bertz CT molecular complexity index is 948. The Morgan fingerprint density at radius 3 is 2.77 bits per heavy atom. The van der Waals surface area contributed by atoms with Crippen molar-refractivity contribution in [3.05, 3.63) is 68.0 Å². The van der Waals surface area contributed by atoms with Gasteiger partial charge in [-0.1, -0.05) is 6.07 Å². The van der Waals surface area contributed by atoms with Crippen molar-refractivity contribution in [2.24, 2.45) is 0 Å². The van der Waals surface area contributed by atoms with Crippen LogP contribution < -0.4 is 9.47 Å². The Balaban J connectivity index is 1.53. The number of rotatable bonds is 2. The smallest absolute Gasteiger partial charge is 0.254 e. The fourth-order valence-electron chi connectivity index (χ4n) is 3.63. The molecule has 0 radical (unpaired) electrons. The van der Waals surface area contributed by atoms with Crippen LogP contribution >= 0.6 is 22.7 Å². The molecule has 3 aromatic rings. The van der Waals surface area contributed by atoms with Crippen LogP contribution in [-0.4, -0.2) is 30.6 Å². The molecule has 0 N–H and O–H groups in total. The van der Waals surface area contributed by atoms with Gasteiger partial charge >= 0.3 is 0 Å². The molecule has 0 aliphatic carbocycles. The molecule has 4 nitrogen and oxygen atoms in total. The average molecular weight is 383 g/mol. The molecule has 0 saturated carbocycles. The minimum absolute atomic E-state index is 0.00861. The van der Waals surface area contributed by atoms with E-state index >= 15 is 0 Å². The van der Waals surface area contributed by atoms with Crippen LogP contribution in [0, 0.1) is 0 Å². The van der Waals surface area contributed by atoms with Crippen LogP contribution in [0.5, 0.6) is 11.5 Å². The quantitative estimate of drug-likeness (QED) is 0.660. The Labute approximate surface area is 159 Å². The summed E-state index contributed by atoms with van der Waals surface area (Å²) < 4.78 is 11.2.